The van der Waals surface area contributed by atoms with E-state index in [9.17, 15) is 0 Å². The van der Waals surface area contributed by atoms with Crippen LogP contribution < -0.4 is 5.32 Å². The van der Waals surface area contributed by atoms with Crippen molar-refractivity contribution < 1.29 is 0 Å². The monoisotopic (exact) mass is 247 g/mol. The smallest absolute Gasteiger partial charge is 0.115 e. The van der Waals surface area contributed by atoms with E-state index in [4.69, 9.17) is 0 Å². The highest BCUT2D eigenvalue weighted by Crippen LogP contribution is 2.30. The van der Waals surface area contributed by atoms with Crippen LogP contribution in [-0.2, 0) is 0 Å². The molecule has 2 aromatic rings. The second-order valence-corrected chi connectivity index (χ2v) is 5.12. The lowest BCUT2D eigenvalue weighted by Crippen LogP contribution is -2.18. The zero-order valence-electron chi connectivity index (χ0n) is 10.2. The third kappa shape index (κ3) is 3.11. The molecule has 90 valence electrons. The van der Waals surface area contributed by atoms with Crippen molar-refractivity contribution in [2.75, 3.05) is 6.54 Å². The second kappa shape index (κ2) is 5.89. The molecule has 0 aromatic carbocycles. The minimum atomic E-state index is 0.415. The molecule has 3 nitrogen and oxygen atoms in total. The van der Waals surface area contributed by atoms with E-state index in [-0.39, 0.29) is 0 Å². The van der Waals surface area contributed by atoms with E-state index in [1.165, 1.54) is 9.75 Å². The Labute approximate surface area is 106 Å². The maximum Gasteiger partial charge on any atom is 0.115 e. The third-order valence-corrected chi connectivity index (χ3v) is 3.92. The lowest BCUT2D eigenvalue weighted by Gasteiger charge is -2.10. The molecule has 0 bridgehead atoms. The maximum absolute atomic E-state index is 4.04. The van der Waals surface area contributed by atoms with E-state index in [0.717, 1.165) is 18.5 Å². The first-order valence-corrected chi connectivity index (χ1v) is 6.71. The fourth-order valence-electron chi connectivity index (χ4n) is 1.63. The van der Waals surface area contributed by atoms with Crippen LogP contribution in [-0.4, -0.2) is 16.5 Å². The van der Waals surface area contributed by atoms with Gasteiger partial charge in [-0.3, -0.25) is 0 Å². The summed E-state index contributed by atoms with van der Waals surface area (Å²) in [7, 11) is 0. The van der Waals surface area contributed by atoms with Gasteiger partial charge in [0.2, 0.25) is 0 Å². The standard InChI is InChI=1S/C13H17N3S/c1-3-6-16-10(2)12-4-5-13(17-12)11-7-14-9-15-8-11/h4-5,7-10,16H,3,6H2,1-2H3. The van der Waals surface area contributed by atoms with Gasteiger partial charge in [0.15, 0.2) is 0 Å². The van der Waals surface area contributed by atoms with Gasteiger partial charge in [-0.15, -0.1) is 11.3 Å². The summed E-state index contributed by atoms with van der Waals surface area (Å²) in [5.41, 5.74) is 1.09. The van der Waals surface area contributed by atoms with Crippen molar-refractivity contribution in [3.05, 3.63) is 35.7 Å². The first-order valence-electron chi connectivity index (χ1n) is 5.89. The van der Waals surface area contributed by atoms with Crippen LogP contribution in [0.5, 0.6) is 0 Å². The minimum absolute atomic E-state index is 0.415. The normalized spacial score (nSPS) is 12.6. The molecule has 1 unspecified atom stereocenters. The molecular formula is C13H17N3S. The van der Waals surface area contributed by atoms with Gasteiger partial charge >= 0.3 is 0 Å². The first kappa shape index (κ1) is 12.2. The van der Waals surface area contributed by atoms with Crippen molar-refractivity contribution in [2.45, 2.75) is 26.3 Å². The summed E-state index contributed by atoms with van der Waals surface area (Å²) in [5, 5.41) is 3.49. The van der Waals surface area contributed by atoms with Gasteiger partial charge in [-0.05, 0) is 32.0 Å². The van der Waals surface area contributed by atoms with Gasteiger partial charge < -0.3 is 5.32 Å². The number of hydrogen-bond donors (Lipinski definition) is 1. The Kier molecular flexibility index (Phi) is 4.23. The van der Waals surface area contributed by atoms with Crippen LogP contribution in [0.15, 0.2) is 30.9 Å². The van der Waals surface area contributed by atoms with E-state index in [2.05, 4.69) is 41.3 Å². The predicted octanol–water partition coefficient (Wildman–Crippen LogP) is 3.27. The Morgan fingerprint density at radius 3 is 2.76 bits per heavy atom. The summed E-state index contributed by atoms with van der Waals surface area (Å²) in [6, 6.07) is 4.74. The van der Waals surface area contributed by atoms with Gasteiger partial charge in [0.1, 0.15) is 6.33 Å². The van der Waals surface area contributed by atoms with Crippen molar-refractivity contribution in [2.24, 2.45) is 0 Å². The molecule has 2 aromatic heterocycles. The molecule has 0 spiro atoms. The van der Waals surface area contributed by atoms with E-state index < -0.39 is 0 Å². The Morgan fingerprint density at radius 1 is 1.29 bits per heavy atom. The van der Waals surface area contributed by atoms with Crippen molar-refractivity contribution in [3.8, 4) is 10.4 Å². The Hall–Kier alpha value is -1.26. The van der Waals surface area contributed by atoms with Crippen molar-refractivity contribution >= 4 is 11.3 Å². The average Bonchev–Trinajstić information content (AvgIpc) is 2.86. The molecule has 2 rings (SSSR count). The molecule has 4 heteroatoms. The van der Waals surface area contributed by atoms with Crippen molar-refractivity contribution in [1.29, 1.82) is 0 Å². The quantitative estimate of drug-likeness (QED) is 0.881. The van der Waals surface area contributed by atoms with Gasteiger partial charge in [-0.25, -0.2) is 9.97 Å². The summed E-state index contributed by atoms with van der Waals surface area (Å²) >= 11 is 1.80. The predicted molar refractivity (Wildman–Crippen MR) is 72.1 cm³/mol. The summed E-state index contributed by atoms with van der Waals surface area (Å²) in [5.74, 6) is 0. The number of nitrogens with zero attached hydrogens (tertiary/aromatic N) is 2. The molecule has 2 heterocycles. The summed E-state index contributed by atoms with van der Waals surface area (Å²) in [6.45, 7) is 5.44. The Morgan fingerprint density at radius 2 is 2.06 bits per heavy atom. The highest BCUT2D eigenvalue weighted by atomic mass is 32.1. The molecule has 0 saturated heterocycles. The molecule has 0 saturated carbocycles. The zero-order valence-corrected chi connectivity index (χ0v) is 11.0. The summed E-state index contributed by atoms with van der Waals surface area (Å²) < 4.78 is 0. The van der Waals surface area contributed by atoms with Crippen LogP contribution in [0.1, 0.15) is 31.2 Å². The van der Waals surface area contributed by atoms with Crippen LogP contribution >= 0.6 is 11.3 Å². The SMILES string of the molecule is CCCNC(C)c1ccc(-c2cncnc2)s1. The van der Waals surface area contributed by atoms with Crippen LogP contribution in [0.3, 0.4) is 0 Å². The Bertz CT molecular complexity index is 453. The second-order valence-electron chi connectivity index (χ2n) is 4.00. The molecule has 0 aliphatic rings. The molecule has 0 radical (unpaired) electrons. The van der Waals surface area contributed by atoms with Gasteiger partial charge in [-0.1, -0.05) is 6.92 Å². The molecule has 0 amide bonds. The Balaban J connectivity index is 2.11. The molecule has 1 atom stereocenters. The molecule has 0 aliphatic heterocycles. The van der Waals surface area contributed by atoms with E-state index in [1.807, 2.05) is 12.4 Å². The van der Waals surface area contributed by atoms with Crippen LogP contribution in [0, 0.1) is 0 Å². The topological polar surface area (TPSA) is 37.8 Å². The number of rotatable bonds is 5. The van der Waals surface area contributed by atoms with Gasteiger partial charge in [0, 0.05) is 33.8 Å². The van der Waals surface area contributed by atoms with Crippen LogP contribution in [0.25, 0.3) is 10.4 Å². The fraction of sp³-hybridized carbons (Fsp3) is 0.385. The van der Waals surface area contributed by atoms with E-state index in [1.54, 1.807) is 17.7 Å². The van der Waals surface area contributed by atoms with Crippen LogP contribution in [0.4, 0.5) is 0 Å². The average molecular weight is 247 g/mol. The zero-order chi connectivity index (χ0) is 12.1. The van der Waals surface area contributed by atoms with Gasteiger partial charge in [0.05, 0.1) is 0 Å². The first-order chi connectivity index (χ1) is 8.31. The lowest BCUT2D eigenvalue weighted by molar-refractivity contribution is 0.578. The van der Waals surface area contributed by atoms with E-state index >= 15 is 0 Å². The summed E-state index contributed by atoms with van der Waals surface area (Å²) in [6.07, 6.45) is 6.43. The molecule has 1 N–H and O–H groups in total. The maximum atomic E-state index is 4.04. The third-order valence-electron chi connectivity index (χ3n) is 2.60. The number of hydrogen-bond acceptors (Lipinski definition) is 4. The largest absolute Gasteiger partial charge is 0.309 e. The minimum Gasteiger partial charge on any atom is -0.309 e. The molecule has 0 fully saturated rings. The molecule has 0 aliphatic carbocycles. The number of thiophene rings is 1. The van der Waals surface area contributed by atoms with Gasteiger partial charge in [0.25, 0.3) is 0 Å². The molecular weight excluding hydrogens is 230 g/mol. The van der Waals surface area contributed by atoms with Crippen molar-refractivity contribution in [3.63, 3.8) is 0 Å². The number of nitrogens with one attached hydrogen (secondary N) is 1. The highest BCUT2D eigenvalue weighted by Gasteiger charge is 2.08. The number of aromatic nitrogens is 2. The van der Waals surface area contributed by atoms with E-state index in [0.29, 0.717) is 6.04 Å². The van der Waals surface area contributed by atoms with Crippen molar-refractivity contribution in [1.82, 2.24) is 15.3 Å². The fourth-order valence-corrected chi connectivity index (χ4v) is 2.64. The summed E-state index contributed by atoms with van der Waals surface area (Å²) in [4.78, 5) is 10.7. The van der Waals surface area contributed by atoms with Gasteiger partial charge in [-0.2, -0.15) is 0 Å². The van der Waals surface area contributed by atoms with Crippen LogP contribution in [0.2, 0.25) is 0 Å². The lowest BCUT2D eigenvalue weighted by atomic mass is 10.2. The highest BCUT2D eigenvalue weighted by molar-refractivity contribution is 7.15. The molecule has 17 heavy (non-hydrogen) atoms.